The van der Waals surface area contributed by atoms with Crippen LogP contribution in [0.15, 0.2) is 35.7 Å². The van der Waals surface area contributed by atoms with Crippen molar-refractivity contribution >= 4 is 23.2 Å². The Hall–Kier alpha value is -2.14. The van der Waals surface area contributed by atoms with Crippen LogP contribution in [0.4, 0.5) is 0 Å². The number of aryl methyl sites for hydroxylation is 1. The first kappa shape index (κ1) is 17.2. The van der Waals surface area contributed by atoms with Gasteiger partial charge in [0.25, 0.3) is 5.91 Å². The van der Waals surface area contributed by atoms with Crippen molar-refractivity contribution in [1.82, 2.24) is 5.32 Å². The highest BCUT2D eigenvalue weighted by Crippen LogP contribution is 2.29. The van der Waals surface area contributed by atoms with Crippen LogP contribution in [-0.4, -0.2) is 24.5 Å². The van der Waals surface area contributed by atoms with Crippen LogP contribution in [0, 0.1) is 6.92 Å². The first-order chi connectivity index (χ1) is 11.0. The maximum absolute atomic E-state index is 12.4. The van der Waals surface area contributed by atoms with Crippen molar-refractivity contribution in [3.8, 4) is 11.1 Å². The molecule has 0 aliphatic heterocycles. The van der Waals surface area contributed by atoms with Gasteiger partial charge in [-0.2, -0.15) is 0 Å². The van der Waals surface area contributed by atoms with Crippen LogP contribution in [-0.2, 0) is 9.53 Å². The number of carbonyl (C=O) groups is 2. The number of rotatable bonds is 6. The van der Waals surface area contributed by atoms with Gasteiger partial charge in [0.2, 0.25) is 0 Å². The summed E-state index contributed by atoms with van der Waals surface area (Å²) in [5, 5.41) is 4.58. The van der Waals surface area contributed by atoms with E-state index in [1.807, 2.05) is 49.6 Å². The van der Waals surface area contributed by atoms with Gasteiger partial charge in [-0.15, -0.1) is 11.3 Å². The molecule has 4 nitrogen and oxygen atoms in total. The third kappa shape index (κ3) is 4.42. The lowest BCUT2D eigenvalue weighted by atomic mass is 10.1. The Morgan fingerprint density at radius 1 is 1.22 bits per heavy atom. The quantitative estimate of drug-likeness (QED) is 0.819. The number of nitrogens with one attached hydrogen (secondary N) is 1. The molecule has 0 saturated carbocycles. The lowest BCUT2D eigenvalue weighted by molar-refractivity contribution is -0.129. The summed E-state index contributed by atoms with van der Waals surface area (Å²) in [7, 11) is 0. The van der Waals surface area contributed by atoms with Crippen molar-refractivity contribution in [3.63, 3.8) is 0 Å². The Kier molecular flexibility index (Phi) is 5.93. The molecule has 0 radical (unpaired) electrons. The number of hydrogen-bond donors (Lipinski definition) is 1. The van der Waals surface area contributed by atoms with Gasteiger partial charge in [-0.05, 0) is 37.3 Å². The Balaban J connectivity index is 2.10. The second kappa shape index (κ2) is 7.92. The maximum atomic E-state index is 12.4. The van der Waals surface area contributed by atoms with Crippen LogP contribution in [0.1, 0.15) is 35.5 Å². The SMILES string of the molecule is CCCNC(=O)[C@@H](C)OC(=O)c1sccc1-c1ccc(C)cc1. The zero-order chi connectivity index (χ0) is 16.8. The van der Waals surface area contributed by atoms with Crippen LogP contribution < -0.4 is 5.32 Å². The highest BCUT2D eigenvalue weighted by molar-refractivity contribution is 7.12. The van der Waals surface area contributed by atoms with Gasteiger partial charge in [-0.1, -0.05) is 36.8 Å². The number of ether oxygens (including phenoxy) is 1. The predicted molar refractivity (Wildman–Crippen MR) is 92.7 cm³/mol. The van der Waals surface area contributed by atoms with Crippen molar-refractivity contribution in [1.29, 1.82) is 0 Å². The van der Waals surface area contributed by atoms with E-state index in [-0.39, 0.29) is 5.91 Å². The van der Waals surface area contributed by atoms with Crippen LogP contribution in [0.5, 0.6) is 0 Å². The molecule has 5 heteroatoms. The van der Waals surface area contributed by atoms with Gasteiger partial charge in [0.1, 0.15) is 4.88 Å². The van der Waals surface area contributed by atoms with E-state index in [1.165, 1.54) is 11.3 Å². The zero-order valence-corrected chi connectivity index (χ0v) is 14.4. The van der Waals surface area contributed by atoms with Gasteiger partial charge in [-0.25, -0.2) is 4.79 Å². The summed E-state index contributed by atoms with van der Waals surface area (Å²) < 4.78 is 5.30. The van der Waals surface area contributed by atoms with E-state index in [0.29, 0.717) is 11.4 Å². The summed E-state index contributed by atoms with van der Waals surface area (Å²) in [6.07, 6.45) is 0.0385. The lowest BCUT2D eigenvalue weighted by Crippen LogP contribution is -2.36. The number of benzene rings is 1. The average molecular weight is 331 g/mol. The predicted octanol–water partition coefficient (Wildman–Crippen LogP) is 3.80. The first-order valence-electron chi connectivity index (χ1n) is 7.66. The molecule has 122 valence electrons. The maximum Gasteiger partial charge on any atom is 0.349 e. The molecule has 2 aromatic rings. The molecular formula is C18H21NO3S. The minimum atomic E-state index is -0.804. The largest absolute Gasteiger partial charge is 0.448 e. The molecule has 0 fully saturated rings. The fourth-order valence-electron chi connectivity index (χ4n) is 2.09. The minimum Gasteiger partial charge on any atom is -0.448 e. The van der Waals surface area contributed by atoms with E-state index in [2.05, 4.69) is 5.32 Å². The standard InChI is InChI=1S/C18H21NO3S/c1-4-10-19-17(20)13(3)22-18(21)16-15(9-11-23-16)14-7-5-12(2)6-8-14/h5-9,11,13H,4,10H2,1-3H3,(H,19,20)/t13-/m1/s1. The molecular weight excluding hydrogens is 310 g/mol. The van der Waals surface area contributed by atoms with Gasteiger partial charge < -0.3 is 10.1 Å². The number of thiophene rings is 1. The van der Waals surface area contributed by atoms with E-state index in [4.69, 9.17) is 4.74 Å². The molecule has 0 saturated heterocycles. The van der Waals surface area contributed by atoms with Crippen LogP contribution in [0.3, 0.4) is 0 Å². The van der Waals surface area contributed by atoms with Crippen molar-refractivity contribution in [3.05, 3.63) is 46.2 Å². The number of esters is 1. The van der Waals surface area contributed by atoms with Gasteiger partial charge in [0.05, 0.1) is 0 Å². The third-order valence-electron chi connectivity index (χ3n) is 3.42. The smallest absolute Gasteiger partial charge is 0.349 e. The Labute approximate surface area is 140 Å². The summed E-state index contributed by atoms with van der Waals surface area (Å²) in [5.74, 6) is -0.733. The molecule has 0 spiro atoms. The van der Waals surface area contributed by atoms with E-state index in [1.54, 1.807) is 6.92 Å². The van der Waals surface area contributed by atoms with Crippen molar-refractivity contribution < 1.29 is 14.3 Å². The fraction of sp³-hybridized carbons (Fsp3) is 0.333. The van der Waals surface area contributed by atoms with Gasteiger partial charge in [-0.3, -0.25) is 4.79 Å². The van der Waals surface area contributed by atoms with E-state index in [9.17, 15) is 9.59 Å². The summed E-state index contributed by atoms with van der Waals surface area (Å²) >= 11 is 1.32. The van der Waals surface area contributed by atoms with Gasteiger partial charge >= 0.3 is 5.97 Å². The summed E-state index contributed by atoms with van der Waals surface area (Å²) in [5.41, 5.74) is 2.96. The zero-order valence-electron chi connectivity index (χ0n) is 13.6. The van der Waals surface area contributed by atoms with Crippen molar-refractivity contribution in [2.45, 2.75) is 33.3 Å². The molecule has 0 aliphatic carbocycles. The molecule has 1 aromatic heterocycles. The Morgan fingerprint density at radius 3 is 2.57 bits per heavy atom. The molecule has 1 atom stereocenters. The van der Waals surface area contributed by atoms with Crippen LogP contribution in [0.25, 0.3) is 11.1 Å². The second-order valence-electron chi connectivity index (χ2n) is 5.37. The molecule has 2 rings (SSSR count). The second-order valence-corrected chi connectivity index (χ2v) is 6.28. The third-order valence-corrected chi connectivity index (χ3v) is 4.31. The van der Waals surface area contributed by atoms with Gasteiger partial charge in [0.15, 0.2) is 6.10 Å². The van der Waals surface area contributed by atoms with E-state index < -0.39 is 12.1 Å². The number of amides is 1. The lowest BCUT2D eigenvalue weighted by Gasteiger charge is -2.13. The van der Waals surface area contributed by atoms with Crippen LogP contribution >= 0.6 is 11.3 Å². The van der Waals surface area contributed by atoms with E-state index in [0.717, 1.165) is 23.1 Å². The Morgan fingerprint density at radius 2 is 1.91 bits per heavy atom. The Bertz CT molecular complexity index is 676. The molecule has 1 heterocycles. The molecule has 0 bridgehead atoms. The van der Waals surface area contributed by atoms with E-state index >= 15 is 0 Å². The molecule has 1 aromatic carbocycles. The normalized spacial score (nSPS) is 11.8. The van der Waals surface area contributed by atoms with Crippen molar-refractivity contribution in [2.24, 2.45) is 0 Å². The summed E-state index contributed by atoms with van der Waals surface area (Å²) in [6, 6.07) is 9.86. The molecule has 23 heavy (non-hydrogen) atoms. The average Bonchev–Trinajstić information content (AvgIpc) is 3.02. The summed E-state index contributed by atoms with van der Waals surface area (Å²) in [6.45, 7) is 6.15. The summed E-state index contributed by atoms with van der Waals surface area (Å²) in [4.78, 5) is 24.7. The minimum absolute atomic E-state index is 0.270. The molecule has 0 unspecified atom stereocenters. The number of hydrogen-bond acceptors (Lipinski definition) is 4. The van der Waals surface area contributed by atoms with Gasteiger partial charge in [0, 0.05) is 12.1 Å². The molecule has 1 amide bonds. The highest BCUT2D eigenvalue weighted by atomic mass is 32.1. The fourth-order valence-corrected chi connectivity index (χ4v) is 2.88. The molecule has 0 aliphatic rings. The number of carbonyl (C=O) groups excluding carboxylic acids is 2. The van der Waals surface area contributed by atoms with Crippen LogP contribution in [0.2, 0.25) is 0 Å². The monoisotopic (exact) mass is 331 g/mol. The van der Waals surface area contributed by atoms with Crippen molar-refractivity contribution in [2.75, 3.05) is 6.54 Å². The topological polar surface area (TPSA) is 55.4 Å². The first-order valence-corrected chi connectivity index (χ1v) is 8.54. The highest BCUT2D eigenvalue weighted by Gasteiger charge is 2.22. The molecule has 1 N–H and O–H groups in total.